The van der Waals surface area contributed by atoms with Gasteiger partial charge in [0.25, 0.3) is 0 Å². The van der Waals surface area contributed by atoms with Crippen molar-refractivity contribution in [1.29, 1.82) is 0 Å². The predicted molar refractivity (Wildman–Crippen MR) is 73.9 cm³/mol. The van der Waals surface area contributed by atoms with Crippen LogP contribution in [0.15, 0.2) is 30.3 Å². The van der Waals surface area contributed by atoms with Crippen molar-refractivity contribution in [2.75, 3.05) is 0 Å². The number of hydrogen-bond acceptors (Lipinski definition) is 2. The molecule has 1 aromatic carbocycles. The average Bonchev–Trinajstić information content (AvgIpc) is 2.64. The molecule has 0 radical (unpaired) electrons. The molecule has 0 amide bonds. The molecule has 0 saturated carbocycles. The zero-order valence-electron chi connectivity index (χ0n) is 10.1. The summed E-state index contributed by atoms with van der Waals surface area (Å²) in [5, 5.41) is 10.7. The van der Waals surface area contributed by atoms with Crippen molar-refractivity contribution in [2.24, 2.45) is 0 Å². The Labute approximate surface area is 111 Å². The van der Waals surface area contributed by atoms with Crippen molar-refractivity contribution in [1.82, 2.24) is 0 Å². The first-order chi connectivity index (χ1) is 7.89. The van der Waals surface area contributed by atoms with Crippen LogP contribution in [-0.2, 0) is 5.60 Å². The Morgan fingerprint density at radius 3 is 2.18 bits per heavy atom. The van der Waals surface area contributed by atoms with Crippen LogP contribution in [0.4, 0.5) is 0 Å². The molecule has 0 fully saturated rings. The number of rotatable bonds is 2. The van der Waals surface area contributed by atoms with Gasteiger partial charge in [-0.2, -0.15) is 0 Å². The van der Waals surface area contributed by atoms with Gasteiger partial charge in [-0.15, -0.1) is 11.3 Å². The molecule has 1 heterocycles. The maximum atomic E-state index is 10.7. The van der Waals surface area contributed by atoms with Crippen LogP contribution in [0.5, 0.6) is 0 Å². The van der Waals surface area contributed by atoms with E-state index in [1.54, 1.807) is 0 Å². The van der Waals surface area contributed by atoms with E-state index < -0.39 is 5.60 Å². The molecular weight excluding hydrogens is 252 g/mol. The maximum absolute atomic E-state index is 10.7. The first-order valence-electron chi connectivity index (χ1n) is 5.46. The molecule has 1 aromatic heterocycles. The van der Waals surface area contributed by atoms with Crippen LogP contribution < -0.4 is 0 Å². The third-order valence-corrected chi connectivity index (χ3v) is 4.28. The van der Waals surface area contributed by atoms with Gasteiger partial charge in [-0.1, -0.05) is 40.9 Å². The monoisotopic (exact) mass is 266 g/mol. The van der Waals surface area contributed by atoms with Crippen molar-refractivity contribution >= 4 is 22.9 Å². The van der Waals surface area contributed by atoms with E-state index in [4.69, 9.17) is 11.6 Å². The summed E-state index contributed by atoms with van der Waals surface area (Å²) >= 11 is 7.34. The lowest BCUT2D eigenvalue weighted by atomic mass is 9.91. The second-order valence-corrected chi connectivity index (χ2v) is 6.27. The summed E-state index contributed by atoms with van der Waals surface area (Å²) in [5.41, 5.74) is 2.24. The van der Waals surface area contributed by atoms with Crippen LogP contribution in [0.1, 0.15) is 28.5 Å². The first kappa shape index (κ1) is 12.6. The molecule has 1 nitrogen and oxygen atoms in total. The standard InChI is InChI=1S/C14H15ClOS/c1-9-6-10(2)8-11(7-9)14(3,16)12-4-5-13(15)17-12/h4-8,16H,1-3H3. The fourth-order valence-electron chi connectivity index (χ4n) is 1.97. The summed E-state index contributed by atoms with van der Waals surface area (Å²) in [6.07, 6.45) is 0. The molecule has 0 aliphatic rings. The first-order valence-corrected chi connectivity index (χ1v) is 6.66. The van der Waals surface area contributed by atoms with Gasteiger partial charge in [-0.3, -0.25) is 0 Å². The largest absolute Gasteiger partial charge is 0.380 e. The van der Waals surface area contributed by atoms with Crippen molar-refractivity contribution < 1.29 is 5.11 Å². The Hall–Kier alpha value is -0.830. The molecule has 3 heteroatoms. The van der Waals surface area contributed by atoms with Crippen LogP contribution in [0.25, 0.3) is 0 Å². The Kier molecular flexibility index (Phi) is 3.30. The summed E-state index contributed by atoms with van der Waals surface area (Å²) in [5.74, 6) is 0. The fraction of sp³-hybridized carbons (Fsp3) is 0.286. The molecule has 0 bridgehead atoms. The minimum Gasteiger partial charge on any atom is -0.380 e. The quantitative estimate of drug-likeness (QED) is 0.860. The number of aryl methyl sites for hydroxylation is 2. The summed E-state index contributed by atoms with van der Waals surface area (Å²) in [6, 6.07) is 9.82. The zero-order valence-corrected chi connectivity index (χ0v) is 11.7. The molecule has 1 unspecified atom stereocenters. The van der Waals surface area contributed by atoms with Gasteiger partial charge in [-0.25, -0.2) is 0 Å². The van der Waals surface area contributed by atoms with Crippen LogP contribution in [0.2, 0.25) is 4.34 Å². The van der Waals surface area contributed by atoms with Gasteiger partial charge < -0.3 is 5.11 Å². The molecule has 1 atom stereocenters. The maximum Gasteiger partial charge on any atom is 0.121 e. The van der Waals surface area contributed by atoms with E-state index in [-0.39, 0.29) is 0 Å². The molecule has 0 aliphatic carbocycles. The molecule has 2 aromatic rings. The lowest BCUT2D eigenvalue weighted by Gasteiger charge is -2.23. The van der Waals surface area contributed by atoms with E-state index in [1.807, 2.05) is 45.0 Å². The smallest absolute Gasteiger partial charge is 0.121 e. The van der Waals surface area contributed by atoms with E-state index in [0.29, 0.717) is 4.34 Å². The third kappa shape index (κ3) is 2.54. The van der Waals surface area contributed by atoms with Gasteiger partial charge in [0, 0.05) is 4.88 Å². The lowest BCUT2D eigenvalue weighted by Crippen LogP contribution is -2.21. The second-order valence-electron chi connectivity index (χ2n) is 4.55. The predicted octanol–water partition coefficient (Wildman–Crippen LogP) is 4.27. The Morgan fingerprint density at radius 2 is 1.71 bits per heavy atom. The summed E-state index contributed by atoms with van der Waals surface area (Å²) in [4.78, 5) is 0.868. The van der Waals surface area contributed by atoms with E-state index in [0.717, 1.165) is 21.6 Å². The number of hydrogen-bond donors (Lipinski definition) is 1. The minimum atomic E-state index is -0.978. The zero-order chi connectivity index (χ0) is 12.6. The highest BCUT2D eigenvalue weighted by Crippen LogP contribution is 2.36. The Balaban J connectivity index is 2.50. The van der Waals surface area contributed by atoms with E-state index in [1.165, 1.54) is 11.3 Å². The molecule has 2 rings (SSSR count). The Bertz CT molecular complexity index is 523. The molecule has 0 saturated heterocycles. The lowest BCUT2D eigenvalue weighted by molar-refractivity contribution is 0.106. The number of thiophene rings is 1. The summed E-state index contributed by atoms with van der Waals surface area (Å²) in [7, 11) is 0. The van der Waals surface area contributed by atoms with Crippen molar-refractivity contribution in [3.8, 4) is 0 Å². The molecule has 0 aliphatic heterocycles. The third-order valence-electron chi connectivity index (χ3n) is 2.84. The van der Waals surface area contributed by atoms with Gasteiger partial charge in [-0.05, 0) is 38.5 Å². The SMILES string of the molecule is Cc1cc(C)cc(C(C)(O)c2ccc(Cl)s2)c1. The molecule has 1 N–H and O–H groups in total. The number of benzene rings is 1. The number of halogens is 1. The highest BCUT2D eigenvalue weighted by atomic mass is 35.5. The number of aliphatic hydroxyl groups is 1. The molecule has 0 spiro atoms. The summed E-state index contributed by atoms with van der Waals surface area (Å²) < 4.78 is 0.699. The Morgan fingerprint density at radius 1 is 1.12 bits per heavy atom. The molecule has 17 heavy (non-hydrogen) atoms. The average molecular weight is 267 g/mol. The van der Waals surface area contributed by atoms with Gasteiger partial charge in [0.15, 0.2) is 0 Å². The van der Waals surface area contributed by atoms with Crippen molar-refractivity contribution in [3.05, 3.63) is 56.2 Å². The van der Waals surface area contributed by atoms with Gasteiger partial charge in [0.1, 0.15) is 5.60 Å². The molecule has 90 valence electrons. The van der Waals surface area contributed by atoms with Gasteiger partial charge in [0.05, 0.1) is 4.34 Å². The van der Waals surface area contributed by atoms with E-state index >= 15 is 0 Å². The fourth-order valence-corrected chi connectivity index (χ4v) is 3.09. The van der Waals surface area contributed by atoms with E-state index in [2.05, 4.69) is 6.07 Å². The van der Waals surface area contributed by atoms with Gasteiger partial charge >= 0.3 is 0 Å². The topological polar surface area (TPSA) is 20.2 Å². The van der Waals surface area contributed by atoms with Crippen molar-refractivity contribution in [2.45, 2.75) is 26.4 Å². The second kappa shape index (κ2) is 4.45. The minimum absolute atomic E-state index is 0.699. The van der Waals surface area contributed by atoms with E-state index in [9.17, 15) is 5.11 Å². The van der Waals surface area contributed by atoms with Gasteiger partial charge in [0.2, 0.25) is 0 Å². The van der Waals surface area contributed by atoms with Crippen LogP contribution >= 0.6 is 22.9 Å². The highest BCUT2D eigenvalue weighted by molar-refractivity contribution is 7.16. The van der Waals surface area contributed by atoms with Crippen LogP contribution in [0, 0.1) is 13.8 Å². The van der Waals surface area contributed by atoms with Crippen LogP contribution in [0.3, 0.4) is 0 Å². The summed E-state index contributed by atoms with van der Waals surface area (Å²) in [6.45, 7) is 5.88. The van der Waals surface area contributed by atoms with Crippen molar-refractivity contribution in [3.63, 3.8) is 0 Å². The molecular formula is C14H15ClOS. The van der Waals surface area contributed by atoms with Crippen LogP contribution in [-0.4, -0.2) is 5.11 Å². The normalized spacial score (nSPS) is 14.6. The highest BCUT2D eigenvalue weighted by Gasteiger charge is 2.27.